The van der Waals surface area contributed by atoms with E-state index in [-0.39, 0.29) is 5.91 Å². The molecule has 1 saturated heterocycles. The highest BCUT2D eigenvalue weighted by molar-refractivity contribution is 9.10. The van der Waals surface area contributed by atoms with Crippen molar-refractivity contribution in [3.05, 3.63) is 34.8 Å². The molecule has 1 aliphatic carbocycles. The summed E-state index contributed by atoms with van der Waals surface area (Å²) in [6.07, 6.45) is 5.81. The van der Waals surface area contributed by atoms with Crippen LogP contribution in [0.5, 0.6) is 0 Å². The van der Waals surface area contributed by atoms with Gasteiger partial charge in [-0.15, -0.1) is 0 Å². The van der Waals surface area contributed by atoms with Gasteiger partial charge in [-0.3, -0.25) is 4.79 Å². The van der Waals surface area contributed by atoms with Gasteiger partial charge in [0.15, 0.2) is 0 Å². The molecule has 1 amide bonds. The van der Waals surface area contributed by atoms with E-state index < -0.39 is 0 Å². The second-order valence-corrected chi connectivity index (χ2v) is 6.50. The van der Waals surface area contributed by atoms with E-state index in [2.05, 4.69) is 31.5 Å². The van der Waals surface area contributed by atoms with Crippen LogP contribution in [-0.4, -0.2) is 33.9 Å². The van der Waals surface area contributed by atoms with Gasteiger partial charge in [0, 0.05) is 29.3 Å². The molecule has 0 radical (unpaired) electrons. The van der Waals surface area contributed by atoms with Gasteiger partial charge in [0.1, 0.15) is 12.0 Å². The summed E-state index contributed by atoms with van der Waals surface area (Å²) in [5.41, 5.74) is 1.44. The molecule has 6 heteroatoms. The number of amides is 1. The zero-order valence-corrected chi connectivity index (χ0v) is 12.4. The Morgan fingerprint density at radius 1 is 1.50 bits per heavy atom. The van der Waals surface area contributed by atoms with E-state index in [1.54, 1.807) is 6.33 Å². The molecule has 2 aromatic heterocycles. The van der Waals surface area contributed by atoms with Crippen molar-refractivity contribution in [2.75, 3.05) is 6.54 Å². The molecule has 4 rings (SSSR count). The smallest absolute Gasteiger partial charge is 0.270 e. The van der Waals surface area contributed by atoms with Gasteiger partial charge in [0.2, 0.25) is 0 Å². The fourth-order valence-corrected chi connectivity index (χ4v) is 3.79. The van der Waals surface area contributed by atoms with E-state index in [9.17, 15) is 4.79 Å². The Kier molecular flexibility index (Phi) is 2.82. The van der Waals surface area contributed by atoms with Crippen LogP contribution in [0.1, 0.15) is 23.3 Å². The van der Waals surface area contributed by atoms with Crippen LogP contribution in [0.3, 0.4) is 0 Å². The monoisotopic (exact) mass is 334 g/mol. The molecule has 5 nitrogen and oxygen atoms in total. The number of halogens is 1. The first-order chi connectivity index (χ1) is 9.70. The Labute approximate surface area is 124 Å². The van der Waals surface area contributed by atoms with E-state index in [0.717, 1.165) is 23.0 Å². The van der Waals surface area contributed by atoms with Gasteiger partial charge < -0.3 is 15.0 Å². The minimum absolute atomic E-state index is 0.0712. The lowest BCUT2D eigenvalue weighted by molar-refractivity contribution is 0.0920. The Morgan fingerprint density at radius 2 is 2.40 bits per heavy atom. The van der Waals surface area contributed by atoms with Crippen LogP contribution in [-0.2, 0) is 0 Å². The maximum atomic E-state index is 12.3. The van der Waals surface area contributed by atoms with Gasteiger partial charge in [-0.2, -0.15) is 0 Å². The van der Waals surface area contributed by atoms with E-state index in [4.69, 9.17) is 0 Å². The number of carbonyl (C=O) groups excluding carboxylic acids is 1. The largest absolute Gasteiger partial charge is 0.348 e. The van der Waals surface area contributed by atoms with Crippen LogP contribution in [0.25, 0.3) is 5.52 Å². The molecule has 3 heterocycles. The summed E-state index contributed by atoms with van der Waals surface area (Å²) >= 11 is 3.48. The molecule has 2 fully saturated rings. The summed E-state index contributed by atoms with van der Waals surface area (Å²) in [4.78, 5) is 16.6. The van der Waals surface area contributed by atoms with Crippen LogP contribution in [0.15, 0.2) is 29.1 Å². The van der Waals surface area contributed by atoms with Crippen molar-refractivity contribution < 1.29 is 4.79 Å². The zero-order valence-electron chi connectivity index (χ0n) is 10.8. The highest BCUT2D eigenvalue weighted by atomic mass is 79.9. The fraction of sp³-hybridized carbons (Fsp3) is 0.429. The van der Waals surface area contributed by atoms with Gasteiger partial charge in [-0.25, -0.2) is 4.98 Å². The molecule has 1 aliphatic heterocycles. The van der Waals surface area contributed by atoms with E-state index >= 15 is 0 Å². The number of piperidine rings is 1. The lowest BCUT2D eigenvalue weighted by atomic mass is 10.0. The number of nitrogens with zero attached hydrogens (tertiary/aromatic N) is 2. The second kappa shape index (κ2) is 4.56. The van der Waals surface area contributed by atoms with E-state index in [1.165, 1.54) is 6.42 Å². The number of aromatic nitrogens is 2. The highest BCUT2D eigenvalue weighted by Crippen LogP contribution is 2.31. The summed E-state index contributed by atoms with van der Waals surface area (Å²) in [5.74, 6) is 0.505. The second-order valence-electron chi connectivity index (χ2n) is 5.65. The Morgan fingerprint density at radius 3 is 3.15 bits per heavy atom. The number of fused-ring (bicyclic) bond motifs is 3. The highest BCUT2D eigenvalue weighted by Gasteiger charge is 2.40. The predicted molar refractivity (Wildman–Crippen MR) is 78.7 cm³/mol. The summed E-state index contributed by atoms with van der Waals surface area (Å²) in [6, 6.07) is 4.65. The quantitative estimate of drug-likeness (QED) is 0.876. The number of carbonyl (C=O) groups is 1. The molecule has 1 saturated carbocycles. The van der Waals surface area contributed by atoms with Crippen molar-refractivity contribution in [3.8, 4) is 0 Å². The molecule has 2 bridgehead atoms. The number of hydrogen-bond donors (Lipinski definition) is 2. The summed E-state index contributed by atoms with van der Waals surface area (Å²) < 4.78 is 2.86. The molecule has 3 atom stereocenters. The van der Waals surface area contributed by atoms with Crippen molar-refractivity contribution in [2.24, 2.45) is 5.92 Å². The molecule has 0 spiro atoms. The first-order valence-electron chi connectivity index (χ1n) is 6.87. The maximum absolute atomic E-state index is 12.3. The molecule has 0 aromatic carbocycles. The van der Waals surface area contributed by atoms with Crippen LogP contribution in [0.2, 0.25) is 0 Å². The molecule has 20 heavy (non-hydrogen) atoms. The van der Waals surface area contributed by atoms with Crippen molar-refractivity contribution in [1.82, 2.24) is 20.0 Å². The SMILES string of the molecule is O=C(NC1CC2CC1CN2)c1cc2c(Br)ccn2cn1. The van der Waals surface area contributed by atoms with Gasteiger partial charge in [0.25, 0.3) is 5.91 Å². The van der Waals surface area contributed by atoms with Crippen LogP contribution in [0.4, 0.5) is 0 Å². The fourth-order valence-electron chi connectivity index (χ4n) is 3.35. The lowest BCUT2D eigenvalue weighted by Gasteiger charge is -2.23. The maximum Gasteiger partial charge on any atom is 0.270 e. The van der Waals surface area contributed by atoms with E-state index in [1.807, 2.05) is 22.7 Å². The van der Waals surface area contributed by atoms with Gasteiger partial charge >= 0.3 is 0 Å². The molecule has 104 valence electrons. The van der Waals surface area contributed by atoms with E-state index in [0.29, 0.717) is 23.7 Å². The molecular formula is C14H15BrN4O. The Hall–Kier alpha value is -1.40. The van der Waals surface area contributed by atoms with Gasteiger partial charge in [-0.1, -0.05) is 0 Å². The summed E-state index contributed by atoms with van der Waals surface area (Å²) in [5, 5.41) is 6.59. The summed E-state index contributed by atoms with van der Waals surface area (Å²) in [7, 11) is 0. The number of rotatable bonds is 2. The van der Waals surface area contributed by atoms with Crippen LogP contribution >= 0.6 is 15.9 Å². The Balaban J connectivity index is 1.56. The molecule has 2 N–H and O–H groups in total. The average Bonchev–Trinajstić information content (AvgIpc) is 3.15. The minimum Gasteiger partial charge on any atom is -0.348 e. The summed E-state index contributed by atoms with van der Waals surface area (Å²) in [6.45, 7) is 1.02. The molecule has 3 unspecified atom stereocenters. The first-order valence-corrected chi connectivity index (χ1v) is 7.66. The van der Waals surface area contributed by atoms with Crippen molar-refractivity contribution in [1.29, 1.82) is 0 Å². The average molecular weight is 335 g/mol. The first kappa shape index (κ1) is 12.3. The number of hydrogen-bond acceptors (Lipinski definition) is 3. The standard InChI is InChI=1S/C14H15BrN4O/c15-10-1-2-19-7-17-12(5-13(10)19)14(20)18-11-4-9-3-8(11)6-16-9/h1-2,5,7-9,11,16H,3-4,6H2,(H,18,20). The Bertz CT molecular complexity index is 683. The van der Waals surface area contributed by atoms with Gasteiger partial charge in [-0.05, 0) is 46.8 Å². The predicted octanol–water partition coefficient (Wildman–Crippen LogP) is 1.58. The molecular weight excluding hydrogens is 320 g/mol. The van der Waals surface area contributed by atoms with Crippen LogP contribution in [0, 0.1) is 5.92 Å². The van der Waals surface area contributed by atoms with Crippen molar-refractivity contribution in [2.45, 2.75) is 24.9 Å². The van der Waals surface area contributed by atoms with Gasteiger partial charge in [0.05, 0.1) is 5.52 Å². The topological polar surface area (TPSA) is 58.4 Å². The van der Waals surface area contributed by atoms with Crippen LogP contribution < -0.4 is 10.6 Å². The zero-order chi connectivity index (χ0) is 13.7. The lowest BCUT2D eigenvalue weighted by Crippen LogP contribution is -2.44. The third kappa shape index (κ3) is 1.94. The van der Waals surface area contributed by atoms with Crippen molar-refractivity contribution in [3.63, 3.8) is 0 Å². The third-order valence-corrected chi connectivity index (χ3v) is 5.08. The van der Waals surface area contributed by atoms with Crippen molar-refractivity contribution >= 4 is 27.4 Å². The molecule has 2 aliphatic rings. The minimum atomic E-state index is -0.0712. The molecule has 2 aromatic rings. The normalized spacial score (nSPS) is 28.1. The number of nitrogens with one attached hydrogen (secondary N) is 2. The third-order valence-electron chi connectivity index (χ3n) is 4.41.